The van der Waals surface area contributed by atoms with E-state index in [-0.39, 0.29) is 11.8 Å². The SMILES string of the molecule is CCCCC(NCC)C(=O)c1ccccc1. The maximum Gasteiger partial charge on any atom is 0.179 e. The largest absolute Gasteiger partial charge is 0.307 e. The van der Waals surface area contributed by atoms with Crippen LogP contribution in [0.15, 0.2) is 30.3 Å². The van der Waals surface area contributed by atoms with Crippen LogP contribution in [0.1, 0.15) is 43.5 Å². The summed E-state index contributed by atoms with van der Waals surface area (Å²) >= 11 is 0. The third-order valence-corrected chi connectivity index (χ3v) is 2.67. The maximum absolute atomic E-state index is 12.2. The van der Waals surface area contributed by atoms with Crippen molar-refractivity contribution in [3.05, 3.63) is 35.9 Å². The van der Waals surface area contributed by atoms with Gasteiger partial charge in [-0.25, -0.2) is 0 Å². The summed E-state index contributed by atoms with van der Waals surface area (Å²) < 4.78 is 0. The van der Waals surface area contributed by atoms with Crippen LogP contribution in [0.25, 0.3) is 0 Å². The number of carbonyl (C=O) groups excluding carboxylic acids is 1. The Bertz CT molecular complexity index is 308. The van der Waals surface area contributed by atoms with Crippen molar-refractivity contribution in [2.45, 2.75) is 39.2 Å². The smallest absolute Gasteiger partial charge is 0.179 e. The standard InChI is InChI=1S/C14H21NO/c1-3-5-11-13(15-4-2)14(16)12-9-7-6-8-10-12/h6-10,13,15H,3-5,11H2,1-2H3. The third-order valence-electron chi connectivity index (χ3n) is 2.67. The number of hydrogen-bond donors (Lipinski definition) is 1. The van der Waals surface area contributed by atoms with Crippen molar-refractivity contribution in [1.82, 2.24) is 5.32 Å². The van der Waals surface area contributed by atoms with Crippen molar-refractivity contribution in [2.75, 3.05) is 6.54 Å². The first-order valence-corrected chi connectivity index (χ1v) is 6.12. The number of benzene rings is 1. The van der Waals surface area contributed by atoms with Gasteiger partial charge in [0.1, 0.15) is 0 Å². The zero-order valence-corrected chi connectivity index (χ0v) is 10.2. The Kier molecular flexibility index (Phi) is 5.79. The fourth-order valence-electron chi connectivity index (χ4n) is 1.78. The Balaban J connectivity index is 2.67. The second kappa shape index (κ2) is 7.18. The summed E-state index contributed by atoms with van der Waals surface area (Å²) in [5.74, 6) is 0.218. The molecule has 1 unspecified atom stereocenters. The Morgan fingerprint density at radius 2 is 1.94 bits per heavy atom. The topological polar surface area (TPSA) is 29.1 Å². The van der Waals surface area contributed by atoms with Gasteiger partial charge in [-0.05, 0) is 13.0 Å². The summed E-state index contributed by atoms with van der Waals surface area (Å²) in [6, 6.07) is 9.52. The summed E-state index contributed by atoms with van der Waals surface area (Å²) in [6.07, 6.45) is 3.15. The second-order valence-electron chi connectivity index (χ2n) is 3.98. The number of nitrogens with one attached hydrogen (secondary N) is 1. The van der Waals surface area contributed by atoms with Crippen molar-refractivity contribution >= 4 is 5.78 Å². The van der Waals surface area contributed by atoms with Crippen LogP contribution in [-0.4, -0.2) is 18.4 Å². The van der Waals surface area contributed by atoms with Crippen LogP contribution in [0, 0.1) is 0 Å². The average Bonchev–Trinajstić information content (AvgIpc) is 2.35. The Morgan fingerprint density at radius 1 is 1.25 bits per heavy atom. The summed E-state index contributed by atoms with van der Waals surface area (Å²) in [7, 11) is 0. The van der Waals surface area contributed by atoms with Crippen molar-refractivity contribution in [3.63, 3.8) is 0 Å². The normalized spacial score (nSPS) is 12.4. The first kappa shape index (κ1) is 12.9. The van der Waals surface area contributed by atoms with Crippen LogP contribution in [-0.2, 0) is 0 Å². The molecule has 1 aromatic rings. The summed E-state index contributed by atoms with van der Waals surface area (Å²) in [6.45, 7) is 5.03. The molecule has 0 saturated carbocycles. The molecular weight excluding hydrogens is 198 g/mol. The number of likely N-dealkylation sites (N-methyl/N-ethyl adjacent to an activating group) is 1. The molecule has 0 fully saturated rings. The van der Waals surface area contributed by atoms with Crippen molar-refractivity contribution < 1.29 is 4.79 Å². The lowest BCUT2D eigenvalue weighted by molar-refractivity contribution is 0.0937. The van der Waals surface area contributed by atoms with Gasteiger partial charge in [0.2, 0.25) is 0 Å². The molecule has 88 valence electrons. The van der Waals surface area contributed by atoms with E-state index >= 15 is 0 Å². The first-order valence-electron chi connectivity index (χ1n) is 6.12. The average molecular weight is 219 g/mol. The van der Waals surface area contributed by atoms with Crippen molar-refractivity contribution in [3.8, 4) is 0 Å². The molecule has 0 aliphatic carbocycles. The molecule has 2 heteroatoms. The van der Waals surface area contributed by atoms with Gasteiger partial charge in [-0.1, -0.05) is 57.0 Å². The minimum Gasteiger partial charge on any atom is -0.307 e. The molecule has 1 rings (SSSR count). The lowest BCUT2D eigenvalue weighted by Crippen LogP contribution is -2.36. The highest BCUT2D eigenvalue weighted by Gasteiger charge is 2.17. The van der Waals surface area contributed by atoms with Crippen LogP contribution in [0.4, 0.5) is 0 Å². The molecule has 16 heavy (non-hydrogen) atoms. The fraction of sp³-hybridized carbons (Fsp3) is 0.500. The molecule has 0 radical (unpaired) electrons. The number of Topliss-reactive ketones (excluding diaryl/α,β-unsaturated/α-hetero) is 1. The molecule has 1 N–H and O–H groups in total. The predicted octanol–water partition coefficient (Wildman–Crippen LogP) is 3.04. The van der Waals surface area contributed by atoms with Crippen LogP contribution < -0.4 is 5.32 Å². The maximum atomic E-state index is 12.2. The van der Waals surface area contributed by atoms with Gasteiger partial charge in [0.25, 0.3) is 0 Å². The molecule has 1 atom stereocenters. The van der Waals surface area contributed by atoms with Gasteiger partial charge in [0, 0.05) is 5.56 Å². The third kappa shape index (κ3) is 3.78. The Hall–Kier alpha value is -1.15. The van der Waals surface area contributed by atoms with E-state index in [0.29, 0.717) is 0 Å². The number of hydrogen-bond acceptors (Lipinski definition) is 2. The monoisotopic (exact) mass is 219 g/mol. The molecule has 2 nitrogen and oxygen atoms in total. The Labute approximate surface area is 98.1 Å². The molecule has 0 saturated heterocycles. The van der Waals surface area contributed by atoms with E-state index in [0.717, 1.165) is 31.4 Å². The van der Waals surface area contributed by atoms with Gasteiger partial charge in [-0.3, -0.25) is 4.79 Å². The van der Waals surface area contributed by atoms with Gasteiger partial charge >= 0.3 is 0 Å². The van der Waals surface area contributed by atoms with Crippen molar-refractivity contribution in [2.24, 2.45) is 0 Å². The molecule has 0 aliphatic rings. The highest BCUT2D eigenvalue weighted by Crippen LogP contribution is 2.09. The molecule has 0 heterocycles. The van der Waals surface area contributed by atoms with E-state index in [1.165, 1.54) is 0 Å². The molecule has 0 aliphatic heterocycles. The van der Waals surface area contributed by atoms with Gasteiger partial charge in [-0.2, -0.15) is 0 Å². The highest BCUT2D eigenvalue weighted by atomic mass is 16.1. The molecule has 0 bridgehead atoms. The molecule has 1 aromatic carbocycles. The van der Waals surface area contributed by atoms with E-state index in [1.54, 1.807) is 0 Å². The van der Waals surface area contributed by atoms with Crippen LogP contribution in [0.2, 0.25) is 0 Å². The minimum absolute atomic E-state index is 0.0210. The second-order valence-corrected chi connectivity index (χ2v) is 3.98. The zero-order chi connectivity index (χ0) is 11.8. The van der Waals surface area contributed by atoms with Crippen LogP contribution in [0.5, 0.6) is 0 Å². The highest BCUT2D eigenvalue weighted by molar-refractivity contribution is 6.00. The summed E-state index contributed by atoms with van der Waals surface area (Å²) in [5.41, 5.74) is 0.810. The van der Waals surface area contributed by atoms with E-state index < -0.39 is 0 Å². The molecular formula is C14H21NO. The van der Waals surface area contributed by atoms with Gasteiger partial charge in [0.05, 0.1) is 6.04 Å². The van der Waals surface area contributed by atoms with E-state index in [1.807, 2.05) is 37.3 Å². The van der Waals surface area contributed by atoms with Gasteiger partial charge in [-0.15, -0.1) is 0 Å². The van der Waals surface area contributed by atoms with E-state index in [2.05, 4.69) is 12.2 Å². The number of carbonyl (C=O) groups is 1. The minimum atomic E-state index is -0.0210. The van der Waals surface area contributed by atoms with E-state index in [9.17, 15) is 4.79 Å². The zero-order valence-electron chi connectivity index (χ0n) is 10.2. The molecule has 0 amide bonds. The quantitative estimate of drug-likeness (QED) is 0.714. The summed E-state index contributed by atoms with van der Waals surface area (Å²) in [5, 5.41) is 3.27. The van der Waals surface area contributed by atoms with Gasteiger partial charge in [0.15, 0.2) is 5.78 Å². The van der Waals surface area contributed by atoms with Crippen LogP contribution in [0.3, 0.4) is 0 Å². The lowest BCUT2D eigenvalue weighted by Gasteiger charge is -2.16. The Morgan fingerprint density at radius 3 is 2.50 bits per heavy atom. The first-order chi connectivity index (χ1) is 7.79. The van der Waals surface area contributed by atoms with Crippen molar-refractivity contribution in [1.29, 1.82) is 0 Å². The van der Waals surface area contributed by atoms with E-state index in [4.69, 9.17) is 0 Å². The number of ketones is 1. The number of unbranched alkanes of at least 4 members (excludes halogenated alkanes) is 1. The molecule has 0 spiro atoms. The predicted molar refractivity (Wildman–Crippen MR) is 67.8 cm³/mol. The lowest BCUT2D eigenvalue weighted by atomic mass is 9.99. The van der Waals surface area contributed by atoms with Crippen LogP contribution >= 0.6 is 0 Å². The summed E-state index contributed by atoms with van der Waals surface area (Å²) in [4.78, 5) is 12.2. The molecule has 0 aromatic heterocycles. The van der Waals surface area contributed by atoms with Gasteiger partial charge < -0.3 is 5.32 Å². The number of rotatable bonds is 7. The fourth-order valence-corrected chi connectivity index (χ4v) is 1.78.